The Bertz CT molecular complexity index is 692. The van der Waals surface area contributed by atoms with Gasteiger partial charge in [-0.25, -0.2) is 13.7 Å². The van der Waals surface area contributed by atoms with Crippen molar-refractivity contribution < 1.29 is 18.7 Å². The summed E-state index contributed by atoms with van der Waals surface area (Å²) >= 11 is 0. The lowest BCUT2D eigenvalue weighted by Crippen LogP contribution is -2.27. The SMILES string of the molecule is CCCCOc1cnn2cc(NC(=O)OC(C)(C)C)cc(F)c12. The molecular weight excluding hydrogens is 301 g/mol. The Morgan fingerprint density at radius 2 is 2.17 bits per heavy atom. The van der Waals surface area contributed by atoms with Gasteiger partial charge in [-0.15, -0.1) is 0 Å². The maximum atomic E-state index is 14.3. The summed E-state index contributed by atoms with van der Waals surface area (Å²) in [5, 5.41) is 6.55. The number of ether oxygens (including phenoxy) is 2. The van der Waals surface area contributed by atoms with Gasteiger partial charge in [0.15, 0.2) is 11.6 Å². The summed E-state index contributed by atoms with van der Waals surface area (Å²) in [6, 6.07) is 1.22. The van der Waals surface area contributed by atoms with Crippen molar-refractivity contribution in [3.8, 4) is 5.75 Å². The Morgan fingerprint density at radius 3 is 2.83 bits per heavy atom. The molecule has 0 aliphatic carbocycles. The number of anilines is 1. The fourth-order valence-corrected chi connectivity index (χ4v) is 1.97. The summed E-state index contributed by atoms with van der Waals surface area (Å²) in [7, 11) is 0. The Morgan fingerprint density at radius 1 is 1.43 bits per heavy atom. The van der Waals surface area contributed by atoms with E-state index >= 15 is 0 Å². The maximum absolute atomic E-state index is 14.3. The van der Waals surface area contributed by atoms with Crippen LogP contribution in [0.25, 0.3) is 5.52 Å². The van der Waals surface area contributed by atoms with Gasteiger partial charge >= 0.3 is 6.09 Å². The Labute approximate surface area is 134 Å². The number of carbonyl (C=O) groups is 1. The lowest BCUT2D eigenvalue weighted by molar-refractivity contribution is 0.0636. The monoisotopic (exact) mass is 323 g/mol. The molecule has 0 aromatic carbocycles. The number of nitrogens with one attached hydrogen (secondary N) is 1. The number of rotatable bonds is 5. The van der Waals surface area contributed by atoms with Crippen LogP contribution in [0.15, 0.2) is 18.5 Å². The fraction of sp³-hybridized carbons (Fsp3) is 0.500. The molecule has 0 saturated heterocycles. The number of nitrogens with zero attached hydrogens (tertiary/aromatic N) is 2. The number of hydrogen-bond donors (Lipinski definition) is 1. The third-order valence-corrected chi connectivity index (χ3v) is 2.93. The van der Waals surface area contributed by atoms with Gasteiger partial charge in [-0.3, -0.25) is 5.32 Å². The van der Waals surface area contributed by atoms with E-state index in [1.165, 1.54) is 23.0 Å². The van der Waals surface area contributed by atoms with Crippen LogP contribution in [0.2, 0.25) is 0 Å². The largest absolute Gasteiger partial charge is 0.490 e. The molecule has 1 N–H and O–H groups in total. The smallest absolute Gasteiger partial charge is 0.412 e. The standard InChI is InChI=1S/C16H22FN3O3/c1-5-6-7-22-13-9-18-20-10-11(8-12(17)14(13)20)19-15(21)23-16(2,3)4/h8-10H,5-7H2,1-4H3,(H,19,21). The van der Waals surface area contributed by atoms with Crippen molar-refractivity contribution in [3.63, 3.8) is 0 Å². The summed E-state index contributed by atoms with van der Waals surface area (Å²) in [5.74, 6) is -0.137. The molecular formula is C16H22FN3O3. The molecule has 0 bridgehead atoms. The zero-order valence-electron chi connectivity index (χ0n) is 13.9. The number of carbonyl (C=O) groups excluding carboxylic acids is 1. The molecule has 7 heteroatoms. The van der Waals surface area contributed by atoms with Gasteiger partial charge in [-0.1, -0.05) is 13.3 Å². The van der Waals surface area contributed by atoms with Crippen molar-refractivity contribution in [2.45, 2.75) is 46.1 Å². The molecule has 0 saturated carbocycles. The average Bonchev–Trinajstić information content (AvgIpc) is 2.80. The summed E-state index contributed by atoms with van der Waals surface area (Å²) < 4.78 is 26.3. The number of amides is 1. The van der Waals surface area contributed by atoms with Gasteiger partial charge < -0.3 is 9.47 Å². The average molecular weight is 323 g/mol. The quantitative estimate of drug-likeness (QED) is 0.845. The molecule has 0 fully saturated rings. The normalized spacial score (nSPS) is 11.5. The van der Waals surface area contributed by atoms with E-state index < -0.39 is 17.5 Å². The molecule has 0 spiro atoms. The van der Waals surface area contributed by atoms with Crippen LogP contribution in [0.5, 0.6) is 5.75 Å². The van der Waals surface area contributed by atoms with Crippen molar-refractivity contribution in [2.75, 3.05) is 11.9 Å². The minimum absolute atomic E-state index is 0.246. The molecule has 0 aliphatic heterocycles. The van der Waals surface area contributed by atoms with Gasteiger partial charge in [-0.2, -0.15) is 5.10 Å². The zero-order chi connectivity index (χ0) is 17.0. The Balaban J connectivity index is 2.17. The van der Waals surface area contributed by atoms with Crippen LogP contribution in [0, 0.1) is 5.82 Å². The van der Waals surface area contributed by atoms with Gasteiger partial charge in [0.05, 0.1) is 24.7 Å². The minimum Gasteiger partial charge on any atom is -0.490 e. The number of aromatic nitrogens is 2. The van der Waals surface area contributed by atoms with Gasteiger partial charge in [0.25, 0.3) is 0 Å². The van der Waals surface area contributed by atoms with Crippen molar-refractivity contribution >= 4 is 17.3 Å². The summed E-state index contributed by atoms with van der Waals surface area (Å²) in [6.07, 6.45) is 4.20. The molecule has 23 heavy (non-hydrogen) atoms. The van der Waals surface area contributed by atoms with Crippen LogP contribution in [0.4, 0.5) is 14.9 Å². The summed E-state index contributed by atoms with van der Waals surface area (Å²) in [4.78, 5) is 11.7. The van der Waals surface area contributed by atoms with E-state index in [1.54, 1.807) is 20.8 Å². The first-order chi connectivity index (χ1) is 10.8. The van der Waals surface area contributed by atoms with Crippen LogP contribution < -0.4 is 10.1 Å². The molecule has 0 unspecified atom stereocenters. The number of pyridine rings is 1. The second-order valence-electron chi connectivity index (χ2n) is 6.21. The van der Waals surface area contributed by atoms with E-state index in [0.717, 1.165) is 12.8 Å². The molecule has 0 radical (unpaired) electrons. The first-order valence-corrected chi connectivity index (χ1v) is 7.60. The highest BCUT2D eigenvalue weighted by Gasteiger charge is 2.18. The van der Waals surface area contributed by atoms with E-state index in [0.29, 0.717) is 12.4 Å². The molecule has 2 aromatic rings. The van der Waals surface area contributed by atoms with Gasteiger partial charge in [0.1, 0.15) is 11.1 Å². The molecule has 0 aliphatic rings. The molecule has 0 atom stereocenters. The van der Waals surface area contributed by atoms with Gasteiger partial charge in [-0.05, 0) is 27.2 Å². The van der Waals surface area contributed by atoms with Crippen LogP contribution in [-0.4, -0.2) is 27.9 Å². The number of fused-ring (bicyclic) bond motifs is 1. The van der Waals surface area contributed by atoms with Crippen LogP contribution in [0.1, 0.15) is 40.5 Å². The summed E-state index contributed by atoms with van der Waals surface area (Å²) in [5.41, 5.74) is -0.123. The minimum atomic E-state index is -0.650. The van der Waals surface area contributed by atoms with Crippen molar-refractivity contribution in [3.05, 3.63) is 24.3 Å². The number of unbranched alkanes of at least 4 members (excludes halogenated alkanes) is 1. The first-order valence-electron chi connectivity index (χ1n) is 7.60. The number of hydrogen-bond acceptors (Lipinski definition) is 4. The summed E-state index contributed by atoms with van der Waals surface area (Å²) in [6.45, 7) is 7.82. The molecule has 2 rings (SSSR count). The number of halogens is 1. The van der Waals surface area contributed by atoms with Crippen molar-refractivity contribution in [1.29, 1.82) is 0 Å². The van der Waals surface area contributed by atoms with Crippen molar-refractivity contribution in [1.82, 2.24) is 9.61 Å². The van der Waals surface area contributed by atoms with Gasteiger partial charge in [0, 0.05) is 6.07 Å². The lowest BCUT2D eigenvalue weighted by atomic mass is 10.2. The van der Waals surface area contributed by atoms with Crippen LogP contribution in [-0.2, 0) is 4.74 Å². The van der Waals surface area contributed by atoms with E-state index in [-0.39, 0.29) is 11.2 Å². The zero-order valence-corrected chi connectivity index (χ0v) is 13.9. The Kier molecular flexibility index (Phi) is 5.08. The third-order valence-electron chi connectivity index (χ3n) is 2.93. The fourth-order valence-electron chi connectivity index (χ4n) is 1.97. The van der Waals surface area contributed by atoms with Gasteiger partial charge in [0.2, 0.25) is 0 Å². The lowest BCUT2D eigenvalue weighted by Gasteiger charge is -2.19. The maximum Gasteiger partial charge on any atom is 0.412 e. The molecule has 6 nitrogen and oxygen atoms in total. The molecule has 2 aromatic heterocycles. The van der Waals surface area contributed by atoms with Crippen LogP contribution in [0.3, 0.4) is 0 Å². The second kappa shape index (κ2) is 6.85. The van der Waals surface area contributed by atoms with Crippen molar-refractivity contribution in [2.24, 2.45) is 0 Å². The van der Waals surface area contributed by atoms with E-state index in [4.69, 9.17) is 9.47 Å². The highest BCUT2D eigenvalue weighted by atomic mass is 19.1. The Hall–Kier alpha value is -2.31. The highest BCUT2D eigenvalue weighted by Crippen LogP contribution is 2.25. The topological polar surface area (TPSA) is 64.9 Å². The molecule has 2 heterocycles. The van der Waals surface area contributed by atoms with E-state index in [9.17, 15) is 9.18 Å². The first kappa shape index (κ1) is 17.1. The molecule has 1 amide bonds. The second-order valence-corrected chi connectivity index (χ2v) is 6.21. The van der Waals surface area contributed by atoms with E-state index in [2.05, 4.69) is 17.3 Å². The predicted octanol–water partition coefficient (Wildman–Crippen LogP) is 4.00. The highest BCUT2D eigenvalue weighted by molar-refractivity contribution is 5.85. The molecule has 126 valence electrons. The van der Waals surface area contributed by atoms with E-state index in [1.807, 2.05) is 0 Å². The third kappa shape index (κ3) is 4.58. The van der Waals surface area contributed by atoms with Crippen LogP contribution >= 0.6 is 0 Å². The predicted molar refractivity (Wildman–Crippen MR) is 85.4 cm³/mol.